The van der Waals surface area contributed by atoms with E-state index >= 15 is 0 Å². The number of rotatable bonds is 3. The van der Waals surface area contributed by atoms with Crippen molar-refractivity contribution < 1.29 is 19.1 Å². The molecule has 1 aromatic rings. The van der Waals surface area contributed by atoms with Crippen LogP contribution in [0.5, 0.6) is 0 Å². The Bertz CT molecular complexity index is 429. The van der Waals surface area contributed by atoms with Crippen LogP contribution in [0, 0.1) is 6.92 Å². The summed E-state index contributed by atoms with van der Waals surface area (Å²) >= 11 is 0. The zero-order valence-corrected chi connectivity index (χ0v) is 10.1. The molecule has 92 valence electrons. The number of hydrogen-bond acceptors (Lipinski definition) is 4. The number of ether oxygens (including phenoxy) is 2. The fourth-order valence-electron chi connectivity index (χ4n) is 1.32. The summed E-state index contributed by atoms with van der Waals surface area (Å²) in [6, 6.07) is 5.07. The van der Waals surface area contributed by atoms with Crippen molar-refractivity contribution in [3.63, 3.8) is 0 Å². The number of benzene rings is 1. The topological polar surface area (TPSA) is 64.6 Å². The Morgan fingerprint density at radius 3 is 2.65 bits per heavy atom. The smallest absolute Gasteiger partial charge is 0.411 e. The highest BCUT2D eigenvalue weighted by Crippen LogP contribution is 2.18. The molecule has 17 heavy (non-hydrogen) atoms. The zero-order chi connectivity index (χ0) is 12.8. The lowest BCUT2D eigenvalue weighted by Gasteiger charge is -2.10. The number of nitrogens with one attached hydrogen (secondary N) is 1. The molecule has 0 saturated carbocycles. The van der Waals surface area contributed by atoms with Crippen molar-refractivity contribution in [3.8, 4) is 0 Å². The van der Waals surface area contributed by atoms with Gasteiger partial charge in [-0.2, -0.15) is 0 Å². The maximum absolute atomic E-state index is 11.5. The SMILES string of the molecule is CCOC(=O)Nc1ccc(C)cc1C(=O)OC. The number of aryl methyl sites for hydroxylation is 1. The maximum atomic E-state index is 11.5. The van der Waals surface area contributed by atoms with Gasteiger partial charge in [-0.15, -0.1) is 0 Å². The lowest BCUT2D eigenvalue weighted by molar-refractivity contribution is 0.0602. The van der Waals surface area contributed by atoms with Crippen molar-refractivity contribution in [2.24, 2.45) is 0 Å². The number of methoxy groups -OCH3 is 1. The highest BCUT2D eigenvalue weighted by atomic mass is 16.5. The second-order valence-corrected chi connectivity index (χ2v) is 3.39. The molecular formula is C12H15NO4. The van der Waals surface area contributed by atoms with Crippen molar-refractivity contribution in [3.05, 3.63) is 29.3 Å². The number of amides is 1. The number of esters is 1. The fraction of sp³-hybridized carbons (Fsp3) is 0.333. The molecule has 1 N–H and O–H groups in total. The molecule has 5 heteroatoms. The van der Waals surface area contributed by atoms with Crippen LogP contribution in [0.2, 0.25) is 0 Å². The van der Waals surface area contributed by atoms with Gasteiger partial charge in [0.05, 0.1) is 25.0 Å². The van der Waals surface area contributed by atoms with Crippen LogP contribution in [0.15, 0.2) is 18.2 Å². The number of carbonyl (C=O) groups excluding carboxylic acids is 2. The van der Waals surface area contributed by atoms with E-state index < -0.39 is 12.1 Å². The van der Waals surface area contributed by atoms with Gasteiger partial charge in [0.15, 0.2) is 0 Å². The van der Waals surface area contributed by atoms with E-state index in [1.54, 1.807) is 25.1 Å². The molecule has 0 saturated heterocycles. The Hall–Kier alpha value is -2.04. The molecule has 1 rings (SSSR count). The van der Waals surface area contributed by atoms with Crippen LogP contribution in [-0.4, -0.2) is 25.8 Å². The summed E-state index contributed by atoms with van der Waals surface area (Å²) in [6.45, 7) is 3.82. The summed E-state index contributed by atoms with van der Waals surface area (Å²) in [5.74, 6) is -0.500. The van der Waals surface area contributed by atoms with Crippen molar-refractivity contribution >= 4 is 17.7 Å². The Labute approximate surface area is 99.7 Å². The van der Waals surface area contributed by atoms with E-state index in [0.29, 0.717) is 11.3 Å². The minimum atomic E-state index is -0.596. The van der Waals surface area contributed by atoms with E-state index in [0.717, 1.165) is 5.56 Å². The van der Waals surface area contributed by atoms with E-state index in [2.05, 4.69) is 10.1 Å². The highest BCUT2D eigenvalue weighted by Gasteiger charge is 2.14. The summed E-state index contributed by atoms with van der Waals surface area (Å²) < 4.78 is 9.38. The molecule has 0 atom stereocenters. The molecule has 0 radical (unpaired) electrons. The van der Waals surface area contributed by atoms with E-state index in [-0.39, 0.29) is 6.61 Å². The average Bonchev–Trinajstić information content (AvgIpc) is 2.30. The van der Waals surface area contributed by atoms with E-state index in [4.69, 9.17) is 4.74 Å². The van der Waals surface area contributed by atoms with Gasteiger partial charge in [0, 0.05) is 0 Å². The summed E-state index contributed by atoms with van der Waals surface area (Å²) in [5.41, 5.74) is 1.58. The molecule has 0 aliphatic heterocycles. The molecule has 5 nitrogen and oxygen atoms in total. The van der Waals surface area contributed by atoms with Crippen LogP contribution < -0.4 is 5.32 Å². The molecule has 0 aliphatic rings. The minimum absolute atomic E-state index is 0.269. The predicted molar refractivity (Wildman–Crippen MR) is 63.2 cm³/mol. The first-order valence-corrected chi connectivity index (χ1v) is 5.21. The highest BCUT2D eigenvalue weighted by molar-refractivity contribution is 5.99. The monoisotopic (exact) mass is 237 g/mol. The van der Waals surface area contributed by atoms with Gasteiger partial charge < -0.3 is 9.47 Å². The van der Waals surface area contributed by atoms with Crippen LogP contribution in [0.25, 0.3) is 0 Å². The van der Waals surface area contributed by atoms with Crippen molar-refractivity contribution in [2.75, 3.05) is 19.0 Å². The summed E-state index contributed by atoms with van der Waals surface area (Å²) in [5, 5.41) is 2.49. The molecule has 0 spiro atoms. The zero-order valence-electron chi connectivity index (χ0n) is 10.1. The van der Waals surface area contributed by atoms with Crippen molar-refractivity contribution in [2.45, 2.75) is 13.8 Å². The molecule has 1 amide bonds. The quantitative estimate of drug-likeness (QED) is 0.819. The first kappa shape index (κ1) is 13.0. The van der Waals surface area contributed by atoms with Gasteiger partial charge in [0.25, 0.3) is 0 Å². The molecule has 0 bridgehead atoms. The Morgan fingerprint density at radius 1 is 1.35 bits per heavy atom. The third kappa shape index (κ3) is 3.48. The van der Waals surface area contributed by atoms with Crippen LogP contribution in [0.1, 0.15) is 22.8 Å². The summed E-state index contributed by atoms with van der Waals surface area (Å²) in [4.78, 5) is 22.8. The average molecular weight is 237 g/mol. The van der Waals surface area contributed by atoms with Gasteiger partial charge in [0.2, 0.25) is 0 Å². The first-order valence-electron chi connectivity index (χ1n) is 5.21. The molecule has 1 aromatic carbocycles. The van der Waals surface area contributed by atoms with Crippen LogP contribution >= 0.6 is 0 Å². The normalized spacial score (nSPS) is 9.59. The molecular weight excluding hydrogens is 222 g/mol. The second-order valence-electron chi connectivity index (χ2n) is 3.39. The summed E-state index contributed by atoms with van der Waals surface area (Å²) in [7, 11) is 1.29. The number of anilines is 1. The third-order valence-electron chi connectivity index (χ3n) is 2.09. The minimum Gasteiger partial charge on any atom is -0.465 e. The molecule has 0 heterocycles. The van der Waals surface area contributed by atoms with E-state index in [9.17, 15) is 9.59 Å². The van der Waals surface area contributed by atoms with Crippen molar-refractivity contribution in [1.82, 2.24) is 0 Å². The first-order chi connectivity index (χ1) is 8.08. The van der Waals surface area contributed by atoms with Crippen LogP contribution in [-0.2, 0) is 9.47 Å². The van der Waals surface area contributed by atoms with E-state index in [1.165, 1.54) is 7.11 Å². The Balaban J connectivity index is 2.98. The second kappa shape index (κ2) is 5.89. The van der Waals surface area contributed by atoms with Gasteiger partial charge in [-0.3, -0.25) is 5.32 Å². The molecule has 0 unspecified atom stereocenters. The predicted octanol–water partition coefficient (Wildman–Crippen LogP) is 2.35. The fourth-order valence-corrected chi connectivity index (χ4v) is 1.32. The Morgan fingerprint density at radius 2 is 2.06 bits per heavy atom. The van der Waals surface area contributed by atoms with Gasteiger partial charge in [-0.1, -0.05) is 11.6 Å². The van der Waals surface area contributed by atoms with E-state index in [1.807, 2.05) is 6.92 Å². The van der Waals surface area contributed by atoms with Crippen LogP contribution in [0.3, 0.4) is 0 Å². The molecule has 0 aromatic heterocycles. The Kier molecular flexibility index (Phi) is 4.51. The number of hydrogen-bond donors (Lipinski definition) is 1. The third-order valence-corrected chi connectivity index (χ3v) is 2.09. The lowest BCUT2D eigenvalue weighted by Crippen LogP contribution is -2.16. The lowest BCUT2D eigenvalue weighted by atomic mass is 10.1. The largest absolute Gasteiger partial charge is 0.465 e. The maximum Gasteiger partial charge on any atom is 0.411 e. The molecule has 0 aliphatic carbocycles. The number of carbonyl (C=O) groups is 2. The van der Waals surface area contributed by atoms with Gasteiger partial charge >= 0.3 is 12.1 Å². The van der Waals surface area contributed by atoms with Crippen LogP contribution in [0.4, 0.5) is 10.5 Å². The van der Waals surface area contributed by atoms with Gasteiger partial charge in [-0.25, -0.2) is 9.59 Å². The standard InChI is InChI=1S/C12H15NO4/c1-4-17-12(15)13-10-6-5-8(2)7-9(10)11(14)16-3/h5-7H,4H2,1-3H3,(H,13,15). The van der Waals surface area contributed by atoms with Gasteiger partial charge in [-0.05, 0) is 26.0 Å². The van der Waals surface area contributed by atoms with Gasteiger partial charge in [0.1, 0.15) is 0 Å². The van der Waals surface area contributed by atoms with Crippen molar-refractivity contribution in [1.29, 1.82) is 0 Å². The summed E-state index contributed by atoms with van der Waals surface area (Å²) in [6.07, 6.45) is -0.596. The molecule has 0 fully saturated rings.